The molecule has 0 heterocycles. The van der Waals surface area contributed by atoms with Crippen molar-refractivity contribution in [2.24, 2.45) is 5.92 Å². The van der Waals surface area contributed by atoms with E-state index in [-0.39, 0.29) is 37.0 Å². The van der Waals surface area contributed by atoms with Crippen molar-refractivity contribution in [2.75, 3.05) is 19.8 Å². The van der Waals surface area contributed by atoms with Gasteiger partial charge in [0.15, 0.2) is 0 Å². The van der Waals surface area contributed by atoms with Crippen LogP contribution in [0.3, 0.4) is 0 Å². The first-order valence-electron chi connectivity index (χ1n) is 7.32. The minimum Gasteiger partial charge on any atom is -0.481 e. The van der Waals surface area contributed by atoms with Crippen molar-refractivity contribution in [3.8, 4) is 0 Å². The molecule has 0 aromatic carbocycles. The van der Waals surface area contributed by atoms with E-state index >= 15 is 0 Å². The number of hydrogen-bond acceptors (Lipinski definition) is 3. The zero-order chi connectivity index (χ0) is 15.1. The van der Waals surface area contributed by atoms with E-state index in [0.29, 0.717) is 13.2 Å². The average molecular weight is 286 g/mol. The van der Waals surface area contributed by atoms with Gasteiger partial charge in [0.05, 0.1) is 19.1 Å². The second-order valence-corrected chi connectivity index (χ2v) is 5.53. The second-order valence-electron chi connectivity index (χ2n) is 5.53. The molecule has 1 unspecified atom stereocenters. The van der Waals surface area contributed by atoms with Crippen LogP contribution in [0.25, 0.3) is 0 Å². The molecule has 1 saturated carbocycles. The highest BCUT2D eigenvalue weighted by Crippen LogP contribution is 2.27. The van der Waals surface area contributed by atoms with Crippen LogP contribution in [0.5, 0.6) is 0 Å². The van der Waals surface area contributed by atoms with Crippen molar-refractivity contribution in [1.82, 2.24) is 10.2 Å². The molecule has 1 rings (SSSR count). The molecule has 1 atom stereocenters. The van der Waals surface area contributed by atoms with Gasteiger partial charge in [-0.25, -0.2) is 4.79 Å². The molecule has 116 valence electrons. The highest BCUT2D eigenvalue weighted by Gasteiger charge is 2.33. The number of nitrogens with zero attached hydrogens (tertiary/aromatic N) is 1. The third-order valence-electron chi connectivity index (χ3n) is 3.43. The van der Waals surface area contributed by atoms with Crippen molar-refractivity contribution >= 4 is 12.0 Å². The Morgan fingerprint density at radius 3 is 2.50 bits per heavy atom. The fraction of sp³-hybridized carbons (Fsp3) is 0.857. The number of rotatable bonds is 9. The van der Waals surface area contributed by atoms with E-state index in [1.165, 1.54) is 0 Å². The lowest BCUT2D eigenvalue weighted by Crippen LogP contribution is -2.49. The highest BCUT2D eigenvalue weighted by molar-refractivity contribution is 5.76. The van der Waals surface area contributed by atoms with Crippen LogP contribution in [0, 0.1) is 5.92 Å². The van der Waals surface area contributed by atoms with Gasteiger partial charge in [-0.3, -0.25) is 4.79 Å². The Morgan fingerprint density at radius 2 is 2.05 bits per heavy atom. The molecule has 1 aliphatic rings. The highest BCUT2D eigenvalue weighted by atomic mass is 16.5. The Balaban J connectivity index is 2.52. The molecule has 2 amide bonds. The lowest BCUT2D eigenvalue weighted by molar-refractivity contribution is -0.137. The van der Waals surface area contributed by atoms with Gasteiger partial charge in [-0.15, -0.1) is 0 Å². The number of carbonyl (C=O) groups excluding carboxylic acids is 1. The van der Waals surface area contributed by atoms with Gasteiger partial charge in [0, 0.05) is 19.2 Å². The Labute approximate surface area is 120 Å². The standard InChI is InChI=1S/C14H26N2O4/c1-4-20-9-12(10(2)3)15-14(19)16(11-5-6-11)8-7-13(17)18/h10-12H,4-9H2,1-3H3,(H,15,19)(H,17,18). The Hall–Kier alpha value is -1.30. The first kappa shape index (κ1) is 16.8. The maximum absolute atomic E-state index is 12.3. The molecule has 0 saturated heterocycles. The second kappa shape index (κ2) is 8.09. The third kappa shape index (κ3) is 5.77. The van der Waals surface area contributed by atoms with Gasteiger partial charge in [-0.2, -0.15) is 0 Å². The van der Waals surface area contributed by atoms with E-state index in [1.807, 2.05) is 20.8 Å². The summed E-state index contributed by atoms with van der Waals surface area (Å²) in [6.07, 6.45) is 1.91. The number of nitrogens with one attached hydrogen (secondary N) is 1. The summed E-state index contributed by atoms with van der Waals surface area (Å²) >= 11 is 0. The fourth-order valence-corrected chi connectivity index (χ4v) is 1.94. The normalized spacial score (nSPS) is 16.0. The molecule has 0 radical (unpaired) electrons. The molecule has 0 aromatic rings. The van der Waals surface area contributed by atoms with Crippen LogP contribution < -0.4 is 5.32 Å². The molecule has 6 heteroatoms. The van der Waals surface area contributed by atoms with E-state index in [0.717, 1.165) is 12.8 Å². The molecule has 0 bridgehead atoms. The van der Waals surface area contributed by atoms with E-state index in [1.54, 1.807) is 4.90 Å². The maximum Gasteiger partial charge on any atom is 0.317 e. The smallest absolute Gasteiger partial charge is 0.317 e. The van der Waals surface area contributed by atoms with Crippen LogP contribution in [0.1, 0.15) is 40.0 Å². The average Bonchev–Trinajstić information content (AvgIpc) is 3.18. The van der Waals surface area contributed by atoms with Gasteiger partial charge in [0.25, 0.3) is 0 Å². The molecule has 1 fully saturated rings. The molecule has 20 heavy (non-hydrogen) atoms. The summed E-state index contributed by atoms with van der Waals surface area (Å²) in [5.74, 6) is -0.607. The quantitative estimate of drug-likeness (QED) is 0.676. The summed E-state index contributed by atoms with van der Waals surface area (Å²) in [5, 5.41) is 11.7. The number of aliphatic carboxylic acids is 1. The summed E-state index contributed by atoms with van der Waals surface area (Å²) in [5.41, 5.74) is 0. The van der Waals surface area contributed by atoms with E-state index in [2.05, 4.69) is 5.32 Å². The monoisotopic (exact) mass is 286 g/mol. The van der Waals surface area contributed by atoms with Gasteiger partial charge < -0.3 is 20.1 Å². The minimum atomic E-state index is -0.877. The Kier molecular flexibility index (Phi) is 6.78. The predicted octanol–water partition coefficient (Wildman–Crippen LogP) is 1.70. The predicted molar refractivity (Wildman–Crippen MR) is 75.6 cm³/mol. The first-order valence-corrected chi connectivity index (χ1v) is 7.32. The molecular formula is C14H26N2O4. The van der Waals surface area contributed by atoms with Crippen LogP contribution in [-0.4, -0.2) is 53.8 Å². The van der Waals surface area contributed by atoms with Crippen molar-refractivity contribution in [3.63, 3.8) is 0 Å². The van der Waals surface area contributed by atoms with Crippen molar-refractivity contribution in [2.45, 2.75) is 52.1 Å². The number of carboxylic acid groups (broad SMARTS) is 1. The van der Waals surface area contributed by atoms with Crippen LogP contribution in [0.4, 0.5) is 4.79 Å². The van der Waals surface area contributed by atoms with Crippen molar-refractivity contribution < 1.29 is 19.4 Å². The minimum absolute atomic E-state index is 0.0122. The molecule has 0 aromatic heterocycles. The summed E-state index contributed by atoms with van der Waals surface area (Å²) < 4.78 is 5.38. The number of carbonyl (C=O) groups is 2. The lowest BCUT2D eigenvalue weighted by Gasteiger charge is -2.28. The molecule has 0 spiro atoms. The van der Waals surface area contributed by atoms with Gasteiger partial charge in [0.2, 0.25) is 0 Å². The topological polar surface area (TPSA) is 78.9 Å². The van der Waals surface area contributed by atoms with E-state index < -0.39 is 5.97 Å². The van der Waals surface area contributed by atoms with E-state index in [9.17, 15) is 9.59 Å². The van der Waals surface area contributed by atoms with Gasteiger partial charge in [-0.05, 0) is 25.7 Å². The zero-order valence-electron chi connectivity index (χ0n) is 12.6. The summed E-state index contributed by atoms with van der Waals surface area (Å²) in [7, 11) is 0. The van der Waals surface area contributed by atoms with Crippen LogP contribution >= 0.6 is 0 Å². The van der Waals surface area contributed by atoms with Crippen LogP contribution in [0.15, 0.2) is 0 Å². The SMILES string of the molecule is CCOCC(NC(=O)N(CCC(=O)O)C1CC1)C(C)C. The zero-order valence-corrected chi connectivity index (χ0v) is 12.6. The van der Waals surface area contributed by atoms with Gasteiger partial charge in [-0.1, -0.05) is 13.8 Å². The number of urea groups is 1. The summed E-state index contributed by atoms with van der Waals surface area (Å²) in [6, 6.07) is -0.0186. The molecule has 0 aliphatic heterocycles. The van der Waals surface area contributed by atoms with Crippen molar-refractivity contribution in [1.29, 1.82) is 0 Å². The van der Waals surface area contributed by atoms with Crippen LogP contribution in [-0.2, 0) is 9.53 Å². The van der Waals surface area contributed by atoms with Crippen molar-refractivity contribution in [3.05, 3.63) is 0 Å². The molecule has 2 N–H and O–H groups in total. The molecule has 6 nitrogen and oxygen atoms in total. The number of amides is 2. The molecule has 1 aliphatic carbocycles. The lowest BCUT2D eigenvalue weighted by atomic mass is 10.1. The number of ether oxygens (including phenoxy) is 1. The Morgan fingerprint density at radius 1 is 1.40 bits per heavy atom. The fourth-order valence-electron chi connectivity index (χ4n) is 1.94. The molecular weight excluding hydrogens is 260 g/mol. The third-order valence-corrected chi connectivity index (χ3v) is 3.43. The maximum atomic E-state index is 12.3. The van der Waals surface area contributed by atoms with Gasteiger partial charge in [0.1, 0.15) is 0 Å². The number of hydrogen-bond donors (Lipinski definition) is 2. The largest absolute Gasteiger partial charge is 0.481 e. The first-order chi connectivity index (χ1) is 9.45. The number of carboxylic acids is 1. The van der Waals surface area contributed by atoms with Gasteiger partial charge >= 0.3 is 12.0 Å². The van der Waals surface area contributed by atoms with E-state index in [4.69, 9.17) is 9.84 Å². The summed E-state index contributed by atoms with van der Waals surface area (Å²) in [4.78, 5) is 24.6. The summed E-state index contributed by atoms with van der Waals surface area (Å²) in [6.45, 7) is 7.35. The van der Waals surface area contributed by atoms with Crippen LogP contribution in [0.2, 0.25) is 0 Å². The Bertz CT molecular complexity index is 329.